The maximum atomic E-state index is 12.8. The summed E-state index contributed by atoms with van der Waals surface area (Å²) in [6, 6.07) is 13.3. The molecule has 0 unspecified atom stereocenters. The fourth-order valence-corrected chi connectivity index (χ4v) is 2.58. The minimum Gasteiger partial charge on any atom is -0.248 e. The van der Waals surface area contributed by atoms with Crippen LogP contribution in [0.1, 0.15) is 16.7 Å². The van der Waals surface area contributed by atoms with E-state index in [2.05, 4.69) is 4.98 Å². The van der Waals surface area contributed by atoms with Crippen molar-refractivity contribution in [3.63, 3.8) is 0 Å². The van der Waals surface area contributed by atoms with Gasteiger partial charge in [-0.15, -0.1) is 0 Å². The van der Waals surface area contributed by atoms with Crippen LogP contribution in [-0.2, 0) is 6.18 Å². The van der Waals surface area contributed by atoms with E-state index in [1.807, 2.05) is 38.1 Å². The summed E-state index contributed by atoms with van der Waals surface area (Å²) >= 11 is 0. The molecule has 0 radical (unpaired) electrons. The summed E-state index contributed by atoms with van der Waals surface area (Å²) in [5.41, 5.74) is 3.47. The van der Waals surface area contributed by atoms with Gasteiger partial charge >= 0.3 is 6.18 Å². The highest BCUT2D eigenvalue weighted by Gasteiger charge is 2.30. The Bertz CT molecular complexity index is 830. The van der Waals surface area contributed by atoms with E-state index in [-0.39, 0.29) is 0 Å². The second-order valence-corrected chi connectivity index (χ2v) is 5.48. The van der Waals surface area contributed by atoms with Crippen LogP contribution in [0.4, 0.5) is 13.2 Å². The van der Waals surface area contributed by atoms with Gasteiger partial charge in [-0.3, -0.25) is 0 Å². The third kappa shape index (κ3) is 2.82. The van der Waals surface area contributed by atoms with E-state index in [0.717, 1.165) is 28.8 Å². The molecule has 0 aliphatic heterocycles. The van der Waals surface area contributed by atoms with Gasteiger partial charge in [-0.2, -0.15) is 13.2 Å². The second kappa shape index (κ2) is 5.13. The van der Waals surface area contributed by atoms with E-state index >= 15 is 0 Å². The van der Waals surface area contributed by atoms with E-state index in [0.29, 0.717) is 16.6 Å². The predicted octanol–water partition coefficient (Wildman–Crippen LogP) is 5.54. The number of nitrogens with zero attached hydrogens (tertiary/aromatic N) is 1. The number of pyridine rings is 1. The third-order valence-electron chi connectivity index (χ3n) is 3.54. The Kier molecular flexibility index (Phi) is 3.39. The summed E-state index contributed by atoms with van der Waals surface area (Å²) in [5, 5.41) is 0.695. The Morgan fingerprint density at radius 1 is 0.818 bits per heavy atom. The van der Waals surface area contributed by atoms with Gasteiger partial charge in [0, 0.05) is 10.9 Å². The lowest BCUT2D eigenvalue weighted by molar-refractivity contribution is -0.137. The number of halogens is 3. The van der Waals surface area contributed by atoms with Gasteiger partial charge in [0.1, 0.15) is 0 Å². The maximum Gasteiger partial charge on any atom is 0.416 e. The van der Waals surface area contributed by atoms with Crippen LogP contribution >= 0.6 is 0 Å². The first-order valence-electron chi connectivity index (χ1n) is 6.89. The highest BCUT2D eigenvalue weighted by molar-refractivity contribution is 5.82. The zero-order chi connectivity index (χ0) is 15.9. The topological polar surface area (TPSA) is 12.9 Å². The highest BCUT2D eigenvalue weighted by Crippen LogP contribution is 2.31. The first-order valence-corrected chi connectivity index (χ1v) is 6.89. The standard InChI is InChI=1S/C18H14F3N/c1-11-7-12(2)9-14(8-11)16-6-4-13-3-5-15(18(19,20)21)10-17(13)22-16/h3-10H,1-2H3. The van der Waals surface area contributed by atoms with Crippen LogP contribution in [0.5, 0.6) is 0 Å². The molecular weight excluding hydrogens is 287 g/mol. The summed E-state index contributed by atoms with van der Waals surface area (Å²) < 4.78 is 38.5. The largest absolute Gasteiger partial charge is 0.416 e. The molecule has 3 aromatic rings. The van der Waals surface area contributed by atoms with Crippen LogP contribution in [-0.4, -0.2) is 4.98 Å². The predicted molar refractivity (Wildman–Crippen MR) is 81.7 cm³/mol. The number of rotatable bonds is 1. The molecule has 0 N–H and O–H groups in total. The van der Waals surface area contributed by atoms with Crippen molar-refractivity contribution in [2.75, 3.05) is 0 Å². The van der Waals surface area contributed by atoms with E-state index < -0.39 is 11.7 Å². The van der Waals surface area contributed by atoms with Gasteiger partial charge in [-0.05, 0) is 44.2 Å². The number of aromatic nitrogens is 1. The van der Waals surface area contributed by atoms with Crippen molar-refractivity contribution >= 4 is 10.9 Å². The van der Waals surface area contributed by atoms with Crippen LogP contribution in [0.3, 0.4) is 0 Å². The van der Waals surface area contributed by atoms with Crippen LogP contribution in [0.15, 0.2) is 48.5 Å². The molecule has 0 saturated heterocycles. The third-order valence-corrected chi connectivity index (χ3v) is 3.54. The zero-order valence-electron chi connectivity index (χ0n) is 12.2. The van der Waals surface area contributed by atoms with Crippen molar-refractivity contribution in [3.05, 3.63) is 65.2 Å². The lowest BCUT2D eigenvalue weighted by Gasteiger charge is -2.09. The minimum absolute atomic E-state index is 0.353. The lowest BCUT2D eigenvalue weighted by atomic mass is 10.0. The first kappa shape index (κ1) is 14.6. The molecule has 0 bridgehead atoms. The van der Waals surface area contributed by atoms with Crippen LogP contribution in [0.2, 0.25) is 0 Å². The molecular formula is C18H14F3N. The monoisotopic (exact) mass is 301 g/mol. The Labute approximate surface area is 126 Å². The van der Waals surface area contributed by atoms with Crippen molar-refractivity contribution < 1.29 is 13.2 Å². The number of alkyl halides is 3. The summed E-state index contributed by atoms with van der Waals surface area (Å²) in [6.45, 7) is 3.97. The van der Waals surface area contributed by atoms with Gasteiger partial charge in [-0.1, -0.05) is 29.3 Å². The molecule has 0 amide bonds. The summed E-state index contributed by atoms with van der Waals surface area (Å²) in [7, 11) is 0. The van der Waals surface area contributed by atoms with Crippen LogP contribution < -0.4 is 0 Å². The van der Waals surface area contributed by atoms with Crippen molar-refractivity contribution in [2.45, 2.75) is 20.0 Å². The van der Waals surface area contributed by atoms with E-state index in [1.54, 1.807) is 6.07 Å². The number of hydrogen-bond donors (Lipinski definition) is 0. The Balaban J connectivity index is 2.15. The van der Waals surface area contributed by atoms with Gasteiger partial charge in [0.25, 0.3) is 0 Å². The van der Waals surface area contributed by atoms with Crippen LogP contribution in [0.25, 0.3) is 22.2 Å². The number of fused-ring (bicyclic) bond motifs is 1. The molecule has 0 fully saturated rings. The van der Waals surface area contributed by atoms with Crippen molar-refractivity contribution in [3.8, 4) is 11.3 Å². The molecule has 0 aliphatic carbocycles. The summed E-state index contributed by atoms with van der Waals surface area (Å²) in [5.74, 6) is 0. The Morgan fingerprint density at radius 3 is 2.09 bits per heavy atom. The normalized spacial score (nSPS) is 11.9. The lowest BCUT2D eigenvalue weighted by Crippen LogP contribution is -2.04. The second-order valence-electron chi connectivity index (χ2n) is 5.48. The smallest absolute Gasteiger partial charge is 0.248 e. The van der Waals surface area contributed by atoms with Gasteiger partial charge in [0.15, 0.2) is 0 Å². The fourth-order valence-electron chi connectivity index (χ4n) is 2.58. The average molecular weight is 301 g/mol. The van der Waals surface area contributed by atoms with E-state index in [1.165, 1.54) is 6.07 Å². The SMILES string of the molecule is Cc1cc(C)cc(-c2ccc3ccc(C(F)(F)F)cc3n2)c1. The average Bonchev–Trinajstić information content (AvgIpc) is 2.44. The highest BCUT2D eigenvalue weighted by atomic mass is 19.4. The van der Waals surface area contributed by atoms with Gasteiger partial charge < -0.3 is 0 Å². The zero-order valence-corrected chi connectivity index (χ0v) is 12.2. The number of hydrogen-bond acceptors (Lipinski definition) is 1. The molecule has 1 aromatic heterocycles. The number of benzene rings is 2. The molecule has 4 heteroatoms. The maximum absolute atomic E-state index is 12.8. The molecule has 0 atom stereocenters. The Hall–Kier alpha value is -2.36. The molecule has 2 aromatic carbocycles. The van der Waals surface area contributed by atoms with Crippen molar-refractivity contribution in [1.82, 2.24) is 4.98 Å². The van der Waals surface area contributed by atoms with Crippen molar-refractivity contribution in [1.29, 1.82) is 0 Å². The van der Waals surface area contributed by atoms with Gasteiger partial charge in [0.2, 0.25) is 0 Å². The molecule has 0 spiro atoms. The van der Waals surface area contributed by atoms with Gasteiger partial charge in [0.05, 0.1) is 16.8 Å². The fraction of sp³-hybridized carbons (Fsp3) is 0.167. The molecule has 0 aliphatic rings. The van der Waals surface area contributed by atoms with E-state index in [9.17, 15) is 13.2 Å². The molecule has 0 saturated carbocycles. The van der Waals surface area contributed by atoms with E-state index in [4.69, 9.17) is 0 Å². The van der Waals surface area contributed by atoms with Crippen molar-refractivity contribution in [2.24, 2.45) is 0 Å². The minimum atomic E-state index is -4.36. The van der Waals surface area contributed by atoms with Gasteiger partial charge in [-0.25, -0.2) is 4.98 Å². The first-order chi connectivity index (χ1) is 10.3. The molecule has 3 rings (SSSR count). The molecule has 1 nitrogen and oxygen atoms in total. The quantitative estimate of drug-likeness (QED) is 0.575. The summed E-state index contributed by atoms with van der Waals surface area (Å²) in [4.78, 5) is 4.40. The molecule has 112 valence electrons. The molecule has 22 heavy (non-hydrogen) atoms. The van der Waals surface area contributed by atoms with Crippen LogP contribution in [0, 0.1) is 13.8 Å². The number of aryl methyl sites for hydroxylation is 2. The summed E-state index contributed by atoms with van der Waals surface area (Å²) in [6.07, 6.45) is -4.36. The Morgan fingerprint density at radius 2 is 1.45 bits per heavy atom. The molecule has 1 heterocycles.